The van der Waals surface area contributed by atoms with E-state index in [2.05, 4.69) is 6.58 Å². The van der Waals surface area contributed by atoms with Crippen LogP contribution in [0.5, 0.6) is 17.2 Å². The van der Waals surface area contributed by atoms with Crippen molar-refractivity contribution in [2.75, 3.05) is 14.2 Å². The number of phenolic OH excluding ortho intramolecular Hbond substituents is 1. The van der Waals surface area contributed by atoms with Crippen LogP contribution in [0, 0.1) is 11.3 Å². The molecular weight excluding hydrogens is 344 g/mol. The van der Waals surface area contributed by atoms with E-state index in [4.69, 9.17) is 9.47 Å². The Labute approximate surface area is 159 Å². The van der Waals surface area contributed by atoms with Crippen molar-refractivity contribution in [1.82, 2.24) is 0 Å². The van der Waals surface area contributed by atoms with E-state index in [9.17, 15) is 14.7 Å². The van der Waals surface area contributed by atoms with Gasteiger partial charge >= 0.3 is 0 Å². The lowest BCUT2D eigenvalue weighted by atomic mass is 9.53. The van der Waals surface area contributed by atoms with E-state index in [1.165, 1.54) is 20.3 Å². The van der Waals surface area contributed by atoms with Crippen LogP contribution in [0.15, 0.2) is 48.1 Å². The van der Waals surface area contributed by atoms with Crippen molar-refractivity contribution in [1.29, 1.82) is 0 Å². The molecule has 5 heteroatoms. The van der Waals surface area contributed by atoms with Gasteiger partial charge in [-0.25, -0.2) is 0 Å². The van der Waals surface area contributed by atoms with E-state index in [0.29, 0.717) is 12.0 Å². The fourth-order valence-corrected chi connectivity index (χ4v) is 4.49. The number of Topliss-reactive ketones (excluding diaryl/α,β-unsaturated/α-hetero) is 1. The lowest BCUT2D eigenvalue weighted by molar-refractivity contribution is -0.137. The molecule has 0 saturated carbocycles. The smallest absolute Gasteiger partial charge is 0.200 e. The largest absolute Gasteiger partial charge is 0.502 e. The van der Waals surface area contributed by atoms with Crippen LogP contribution in [0.2, 0.25) is 0 Å². The van der Waals surface area contributed by atoms with E-state index in [1.54, 1.807) is 25.1 Å². The molecule has 0 spiro atoms. The molecule has 1 aromatic rings. The lowest BCUT2D eigenvalue weighted by Crippen LogP contribution is -2.49. The maximum Gasteiger partial charge on any atom is 0.200 e. The summed E-state index contributed by atoms with van der Waals surface area (Å²) in [5, 5.41) is 10.3. The van der Waals surface area contributed by atoms with Crippen LogP contribution >= 0.6 is 0 Å². The lowest BCUT2D eigenvalue weighted by Gasteiger charge is -2.47. The van der Waals surface area contributed by atoms with E-state index >= 15 is 0 Å². The predicted octanol–water partition coefficient (Wildman–Crippen LogP) is 3.73. The first-order valence-electron chi connectivity index (χ1n) is 8.83. The Bertz CT molecular complexity index is 867. The first-order chi connectivity index (χ1) is 12.8. The fourth-order valence-electron chi connectivity index (χ4n) is 4.49. The van der Waals surface area contributed by atoms with Gasteiger partial charge in [-0.1, -0.05) is 25.7 Å². The molecule has 0 heterocycles. The van der Waals surface area contributed by atoms with Gasteiger partial charge < -0.3 is 14.6 Å². The van der Waals surface area contributed by atoms with Gasteiger partial charge in [-0.2, -0.15) is 0 Å². The normalized spacial score (nSPS) is 27.4. The number of fused-ring (bicyclic) bond motifs is 1. The molecule has 1 aromatic carbocycles. The van der Waals surface area contributed by atoms with E-state index < -0.39 is 17.3 Å². The molecule has 0 fully saturated rings. The molecular formula is C22H24O5. The van der Waals surface area contributed by atoms with Gasteiger partial charge in [0, 0.05) is 11.8 Å². The van der Waals surface area contributed by atoms with Crippen molar-refractivity contribution in [3.63, 3.8) is 0 Å². The number of carbonyl (C=O) groups excluding carboxylic acids is 2. The Morgan fingerprint density at radius 1 is 1.22 bits per heavy atom. The number of ketones is 2. The zero-order valence-electron chi connectivity index (χ0n) is 16.0. The van der Waals surface area contributed by atoms with Gasteiger partial charge in [0.2, 0.25) is 5.75 Å². The molecule has 0 unspecified atom stereocenters. The number of hydrogen-bond acceptors (Lipinski definition) is 5. The molecule has 0 aromatic heterocycles. The van der Waals surface area contributed by atoms with Crippen molar-refractivity contribution in [3.05, 3.63) is 53.6 Å². The van der Waals surface area contributed by atoms with Crippen LogP contribution < -0.4 is 9.47 Å². The van der Waals surface area contributed by atoms with E-state index in [1.807, 2.05) is 13.0 Å². The van der Waals surface area contributed by atoms with Crippen LogP contribution in [-0.4, -0.2) is 30.9 Å². The van der Waals surface area contributed by atoms with Gasteiger partial charge in [0.25, 0.3) is 0 Å². The molecule has 3 rings (SSSR count). The first-order valence-corrected chi connectivity index (χ1v) is 8.83. The second kappa shape index (κ2) is 6.72. The van der Waals surface area contributed by atoms with Crippen LogP contribution in [0.25, 0.3) is 0 Å². The average molecular weight is 368 g/mol. The molecule has 1 N–H and O–H groups in total. The standard InChI is InChI=1S/C22H24O5/c1-6-13-7-8-15-16(23)9-12(2)21(25)22(15,3)19(13)14-10-17(26-4)20(24)18(11-14)27-5/h6-7,9-11,15,19,24H,1,8H2,2-5H3/t15-,19+,22+/m0/s1. The topological polar surface area (TPSA) is 72.8 Å². The van der Waals surface area contributed by atoms with Gasteiger partial charge in [-0.3, -0.25) is 9.59 Å². The molecule has 0 amide bonds. The van der Waals surface area contributed by atoms with Gasteiger partial charge in [0.15, 0.2) is 23.1 Å². The average Bonchev–Trinajstić information content (AvgIpc) is 2.66. The summed E-state index contributed by atoms with van der Waals surface area (Å²) in [6.07, 6.45) is 5.64. The second-order valence-corrected chi connectivity index (χ2v) is 7.25. The predicted molar refractivity (Wildman–Crippen MR) is 102 cm³/mol. The van der Waals surface area contributed by atoms with Crippen LogP contribution in [0.1, 0.15) is 31.7 Å². The Morgan fingerprint density at radius 2 is 1.81 bits per heavy atom. The minimum Gasteiger partial charge on any atom is -0.502 e. The second-order valence-electron chi connectivity index (χ2n) is 7.25. The molecule has 0 bridgehead atoms. The summed E-state index contributed by atoms with van der Waals surface area (Å²) in [6.45, 7) is 7.44. The molecule has 0 saturated heterocycles. The summed E-state index contributed by atoms with van der Waals surface area (Å²) in [4.78, 5) is 25.9. The van der Waals surface area contributed by atoms with Gasteiger partial charge in [-0.05, 0) is 48.3 Å². The molecule has 5 nitrogen and oxygen atoms in total. The number of carbonyl (C=O) groups is 2. The first kappa shape index (κ1) is 19.0. The number of benzene rings is 1. The Hall–Kier alpha value is -2.82. The number of allylic oxidation sites excluding steroid dienone is 5. The van der Waals surface area contributed by atoms with Crippen molar-refractivity contribution in [2.45, 2.75) is 26.2 Å². The number of hydrogen-bond donors (Lipinski definition) is 1. The zero-order chi connectivity index (χ0) is 19.9. The summed E-state index contributed by atoms with van der Waals surface area (Å²) in [7, 11) is 2.91. The van der Waals surface area contributed by atoms with Crippen molar-refractivity contribution in [3.8, 4) is 17.2 Å². The maximum atomic E-state index is 13.3. The highest BCUT2D eigenvalue weighted by atomic mass is 16.5. The monoisotopic (exact) mass is 368 g/mol. The van der Waals surface area contributed by atoms with Gasteiger partial charge in [0.1, 0.15) is 0 Å². The number of aromatic hydroxyl groups is 1. The van der Waals surface area contributed by atoms with Crippen LogP contribution in [-0.2, 0) is 9.59 Å². The van der Waals surface area contributed by atoms with Crippen molar-refractivity contribution in [2.24, 2.45) is 11.3 Å². The number of methoxy groups -OCH3 is 2. The molecule has 142 valence electrons. The van der Waals surface area contributed by atoms with E-state index in [0.717, 1.165) is 11.1 Å². The van der Waals surface area contributed by atoms with Crippen LogP contribution in [0.4, 0.5) is 0 Å². The Morgan fingerprint density at radius 3 is 2.33 bits per heavy atom. The molecule has 2 aliphatic carbocycles. The maximum absolute atomic E-state index is 13.3. The highest BCUT2D eigenvalue weighted by Gasteiger charge is 2.55. The van der Waals surface area contributed by atoms with Crippen molar-refractivity contribution < 1.29 is 24.2 Å². The highest BCUT2D eigenvalue weighted by molar-refractivity contribution is 6.13. The zero-order valence-corrected chi connectivity index (χ0v) is 16.0. The summed E-state index contributed by atoms with van der Waals surface area (Å²) in [5.41, 5.74) is 1.13. The molecule has 2 aliphatic rings. The molecule has 0 aliphatic heterocycles. The summed E-state index contributed by atoms with van der Waals surface area (Å²) in [6, 6.07) is 3.39. The minimum atomic E-state index is -0.943. The quantitative estimate of drug-likeness (QED) is 0.877. The third-order valence-corrected chi connectivity index (χ3v) is 5.87. The van der Waals surface area contributed by atoms with E-state index in [-0.39, 0.29) is 28.8 Å². The SMILES string of the molecule is C=CC1=CC[C@H]2C(=O)C=C(C)C(=O)[C@@]2(C)[C@H]1c1cc(OC)c(O)c(OC)c1. The number of ether oxygens (including phenoxy) is 2. The fraction of sp³-hybridized carbons (Fsp3) is 0.364. The van der Waals surface area contributed by atoms with Gasteiger partial charge in [0.05, 0.1) is 19.6 Å². The van der Waals surface area contributed by atoms with Crippen LogP contribution in [0.3, 0.4) is 0 Å². The van der Waals surface area contributed by atoms with Crippen molar-refractivity contribution >= 4 is 11.6 Å². The minimum absolute atomic E-state index is 0.0309. The third-order valence-electron chi connectivity index (χ3n) is 5.87. The third kappa shape index (κ3) is 2.69. The number of rotatable bonds is 4. The molecule has 0 radical (unpaired) electrons. The Kier molecular flexibility index (Phi) is 4.72. The summed E-state index contributed by atoms with van der Waals surface area (Å²) >= 11 is 0. The molecule has 27 heavy (non-hydrogen) atoms. The highest BCUT2D eigenvalue weighted by Crippen LogP contribution is 2.56. The molecule has 3 atom stereocenters. The Balaban J connectivity index is 2.28. The summed E-state index contributed by atoms with van der Waals surface area (Å²) < 4.78 is 10.6. The number of phenols is 1. The summed E-state index contributed by atoms with van der Waals surface area (Å²) in [5.74, 6) is -0.522. The van der Waals surface area contributed by atoms with Gasteiger partial charge in [-0.15, -0.1) is 0 Å².